The maximum absolute atomic E-state index is 10.8. The highest BCUT2D eigenvalue weighted by molar-refractivity contribution is 5.76. The van der Waals surface area contributed by atoms with E-state index in [-0.39, 0.29) is 0 Å². The fourth-order valence-corrected chi connectivity index (χ4v) is 2.42. The molecule has 1 atom stereocenters. The van der Waals surface area contributed by atoms with Crippen molar-refractivity contribution in [3.8, 4) is 17.2 Å². The summed E-state index contributed by atoms with van der Waals surface area (Å²) in [4.78, 5) is 10.8. The molecule has 0 unspecified atom stereocenters. The van der Waals surface area contributed by atoms with Crippen LogP contribution in [0.25, 0.3) is 0 Å². The average Bonchev–Trinajstić information content (AvgIpc) is 2.64. The van der Waals surface area contributed by atoms with E-state index in [9.17, 15) is 4.79 Å². The van der Waals surface area contributed by atoms with Gasteiger partial charge in [0.2, 0.25) is 0 Å². The van der Waals surface area contributed by atoms with Gasteiger partial charge in [0.1, 0.15) is 25.2 Å². The maximum atomic E-state index is 10.8. The van der Waals surface area contributed by atoms with Gasteiger partial charge in [-0.25, -0.2) is 0 Å². The number of hydrogen-bond donors (Lipinski definition) is 0. The summed E-state index contributed by atoms with van der Waals surface area (Å²) in [5.41, 5.74) is 1.77. The van der Waals surface area contributed by atoms with Crippen LogP contribution >= 0.6 is 0 Å². The van der Waals surface area contributed by atoms with E-state index in [0.29, 0.717) is 36.2 Å². The predicted molar refractivity (Wildman–Crippen MR) is 94.5 cm³/mol. The van der Waals surface area contributed by atoms with Crippen LogP contribution < -0.4 is 14.2 Å². The second-order valence-corrected chi connectivity index (χ2v) is 5.57. The number of rotatable bonds is 9. The van der Waals surface area contributed by atoms with Gasteiger partial charge in [-0.1, -0.05) is 32.0 Å². The fourth-order valence-electron chi connectivity index (χ4n) is 2.42. The normalized spacial score (nSPS) is 11.6. The van der Waals surface area contributed by atoms with Crippen LogP contribution in [0.5, 0.6) is 17.2 Å². The third kappa shape index (κ3) is 4.51. The standard InChI is InChI=1S/C20H24O4/c1-4-15(2)17-7-5-6-8-18(17)23-11-12-24-19-10-9-16(14-21)13-20(19)22-3/h5-10,13-15H,4,11-12H2,1-3H3/t15-/m0/s1. The molecule has 2 aromatic rings. The minimum atomic E-state index is 0.394. The number of hydrogen-bond acceptors (Lipinski definition) is 4. The summed E-state index contributed by atoms with van der Waals surface area (Å²) in [6.07, 6.45) is 1.85. The Labute approximate surface area is 143 Å². The van der Waals surface area contributed by atoms with E-state index in [4.69, 9.17) is 14.2 Å². The van der Waals surface area contributed by atoms with Gasteiger partial charge in [-0.15, -0.1) is 0 Å². The fraction of sp³-hybridized carbons (Fsp3) is 0.350. The SMILES string of the molecule is CC[C@H](C)c1ccccc1OCCOc1ccc(C=O)cc1OC. The number of benzene rings is 2. The Morgan fingerprint density at radius 3 is 2.38 bits per heavy atom. The summed E-state index contributed by atoms with van der Waals surface area (Å²) in [5.74, 6) is 2.50. The first kappa shape index (κ1) is 17.9. The molecule has 0 aromatic heterocycles. The molecule has 0 saturated carbocycles. The van der Waals surface area contributed by atoms with Crippen molar-refractivity contribution >= 4 is 6.29 Å². The molecule has 0 aliphatic heterocycles. The second kappa shape index (κ2) is 8.96. The van der Waals surface area contributed by atoms with Crippen LogP contribution in [0.1, 0.15) is 42.1 Å². The highest BCUT2D eigenvalue weighted by Gasteiger charge is 2.10. The largest absolute Gasteiger partial charge is 0.493 e. The zero-order valence-electron chi connectivity index (χ0n) is 14.5. The lowest BCUT2D eigenvalue weighted by atomic mass is 9.98. The molecule has 0 saturated heterocycles. The quantitative estimate of drug-likeness (QED) is 0.503. The van der Waals surface area contributed by atoms with Gasteiger partial charge in [0.05, 0.1) is 7.11 Å². The Hall–Kier alpha value is -2.49. The van der Waals surface area contributed by atoms with Crippen molar-refractivity contribution in [3.63, 3.8) is 0 Å². The minimum absolute atomic E-state index is 0.394. The van der Waals surface area contributed by atoms with E-state index in [1.165, 1.54) is 5.56 Å². The first-order valence-corrected chi connectivity index (χ1v) is 8.17. The lowest BCUT2D eigenvalue weighted by Crippen LogP contribution is -2.11. The van der Waals surface area contributed by atoms with Crippen LogP contribution in [0.3, 0.4) is 0 Å². The third-order valence-electron chi connectivity index (χ3n) is 3.98. The summed E-state index contributed by atoms with van der Waals surface area (Å²) < 4.78 is 16.8. The van der Waals surface area contributed by atoms with E-state index in [2.05, 4.69) is 19.9 Å². The summed E-state index contributed by atoms with van der Waals surface area (Å²) in [6, 6.07) is 13.2. The van der Waals surface area contributed by atoms with E-state index in [0.717, 1.165) is 18.5 Å². The van der Waals surface area contributed by atoms with E-state index in [1.54, 1.807) is 25.3 Å². The Morgan fingerprint density at radius 2 is 1.71 bits per heavy atom. The second-order valence-electron chi connectivity index (χ2n) is 5.57. The Morgan fingerprint density at radius 1 is 1.00 bits per heavy atom. The number of ether oxygens (including phenoxy) is 3. The molecule has 0 radical (unpaired) electrons. The topological polar surface area (TPSA) is 44.8 Å². The number of methoxy groups -OCH3 is 1. The van der Waals surface area contributed by atoms with Crippen molar-refractivity contribution in [3.05, 3.63) is 53.6 Å². The maximum Gasteiger partial charge on any atom is 0.161 e. The van der Waals surface area contributed by atoms with Crippen molar-refractivity contribution in [1.82, 2.24) is 0 Å². The van der Waals surface area contributed by atoms with Gasteiger partial charge in [0, 0.05) is 5.56 Å². The number of carbonyl (C=O) groups is 1. The Bertz CT molecular complexity index is 666. The first-order chi connectivity index (χ1) is 11.7. The van der Waals surface area contributed by atoms with Crippen LogP contribution in [-0.2, 0) is 0 Å². The van der Waals surface area contributed by atoms with E-state index >= 15 is 0 Å². The van der Waals surface area contributed by atoms with Crippen LogP contribution in [0, 0.1) is 0 Å². The lowest BCUT2D eigenvalue weighted by Gasteiger charge is -2.16. The Balaban J connectivity index is 1.93. The van der Waals surface area contributed by atoms with E-state index < -0.39 is 0 Å². The van der Waals surface area contributed by atoms with Gasteiger partial charge in [-0.05, 0) is 42.2 Å². The van der Waals surface area contributed by atoms with Crippen molar-refractivity contribution in [1.29, 1.82) is 0 Å². The monoisotopic (exact) mass is 328 g/mol. The number of carbonyl (C=O) groups excluding carboxylic acids is 1. The summed E-state index contributed by atoms with van der Waals surface area (Å²) >= 11 is 0. The van der Waals surface area contributed by atoms with Crippen LogP contribution in [0.2, 0.25) is 0 Å². The lowest BCUT2D eigenvalue weighted by molar-refractivity contribution is 0.112. The molecule has 2 rings (SSSR count). The molecule has 4 heteroatoms. The van der Waals surface area contributed by atoms with Gasteiger partial charge in [0.15, 0.2) is 11.5 Å². The Kier molecular flexibility index (Phi) is 6.67. The minimum Gasteiger partial charge on any atom is -0.493 e. The van der Waals surface area contributed by atoms with Crippen LogP contribution in [0.15, 0.2) is 42.5 Å². The average molecular weight is 328 g/mol. The van der Waals surface area contributed by atoms with E-state index in [1.807, 2.05) is 18.2 Å². The van der Waals surface area contributed by atoms with Gasteiger partial charge in [-0.3, -0.25) is 4.79 Å². The predicted octanol–water partition coefficient (Wildman–Crippen LogP) is 4.48. The molecule has 4 nitrogen and oxygen atoms in total. The number of para-hydroxylation sites is 1. The van der Waals surface area contributed by atoms with Gasteiger partial charge in [0.25, 0.3) is 0 Å². The molecule has 0 aliphatic rings. The van der Waals surface area contributed by atoms with Crippen LogP contribution in [-0.4, -0.2) is 26.6 Å². The molecule has 0 spiro atoms. The van der Waals surface area contributed by atoms with Gasteiger partial charge in [-0.2, -0.15) is 0 Å². The molecule has 24 heavy (non-hydrogen) atoms. The molecule has 0 bridgehead atoms. The molecule has 0 N–H and O–H groups in total. The smallest absolute Gasteiger partial charge is 0.161 e. The summed E-state index contributed by atoms with van der Waals surface area (Å²) in [6.45, 7) is 5.19. The highest BCUT2D eigenvalue weighted by Crippen LogP contribution is 2.29. The molecule has 0 heterocycles. The van der Waals surface area contributed by atoms with Crippen molar-refractivity contribution in [2.75, 3.05) is 20.3 Å². The first-order valence-electron chi connectivity index (χ1n) is 8.17. The molecule has 128 valence electrons. The van der Waals surface area contributed by atoms with Crippen LogP contribution in [0.4, 0.5) is 0 Å². The molecular weight excluding hydrogens is 304 g/mol. The van der Waals surface area contributed by atoms with Crippen molar-refractivity contribution in [2.45, 2.75) is 26.2 Å². The molecule has 2 aromatic carbocycles. The van der Waals surface area contributed by atoms with Crippen molar-refractivity contribution in [2.24, 2.45) is 0 Å². The summed E-state index contributed by atoms with van der Waals surface area (Å²) in [5, 5.41) is 0. The molecule has 0 fully saturated rings. The molecule has 0 aliphatic carbocycles. The zero-order valence-corrected chi connectivity index (χ0v) is 14.5. The molecule has 0 amide bonds. The molecular formula is C20H24O4. The third-order valence-corrected chi connectivity index (χ3v) is 3.98. The highest BCUT2D eigenvalue weighted by atomic mass is 16.5. The van der Waals surface area contributed by atoms with Crippen molar-refractivity contribution < 1.29 is 19.0 Å². The summed E-state index contributed by atoms with van der Waals surface area (Å²) in [7, 11) is 1.55. The number of aldehydes is 1. The zero-order chi connectivity index (χ0) is 17.4. The van der Waals surface area contributed by atoms with Gasteiger partial charge >= 0.3 is 0 Å². The van der Waals surface area contributed by atoms with Gasteiger partial charge < -0.3 is 14.2 Å².